The molecule has 0 aliphatic heterocycles. The van der Waals surface area contributed by atoms with E-state index in [9.17, 15) is 4.79 Å². The predicted octanol–water partition coefficient (Wildman–Crippen LogP) is 6.70. The molecule has 0 unspecified atom stereocenters. The Hall–Kier alpha value is -1.84. The molecule has 2 rings (SSSR count). The molecule has 2 aromatic rings. The van der Waals surface area contributed by atoms with Crippen LogP contribution in [0.1, 0.15) is 60.5 Å². The number of hydrogen-bond acceptors (Lipinski definition) is 3. The van der Waals surface area contributed by atoms with Crippen LogP contribution in [0.5, 0.6) is 0 Å². The maximum atomic E-state index is 12.0. The molecule has 0 saturated carbocycles. The lowest BCUT2D eigenvalue weighted by atomic mass is 10.0. The molecule has 0 saturated heterocycles. The van der Waals surface area contributed by atoms with E-state index < -0.39 is 5.97 Å². The quantitative estimate of drug-likeness (QED) is 0.206. The van der Waals surface area contributed by atoms with Gasteiger partial charge in [0.15, 0.2) is 0 Å². The fraction of sp³-hybridized carbons (Fsp3) is 0.333. The molecule has 138 valence electrons. The summed E-state index contributed by atoms with van der Waals surface area (Å²) in [6.45, 7) is 2.21. The zero-order valence-corrected chi connectivity index (χ0v) is 16.4. The number of rotatable bonds is 9. The molecule has 5 heteroatoms. The van der Waals surface area contributed by atoms with Gasteiger partial charge in [0.25, 0.3) is 0 Å². The van der Waals surface area contributed by atoms with E-state index in [1.54, 1.807) is 30.3 Å². The highest BCUT2D eigenvalue weighted by Gasteiger charge is 2.08. The third kappa shape index (κ3) is 6.47. The molecule has 0 amide bonds. The minimum Gasteiger partial charge on any atom is -0.313 e. The Labute approximate surface area is 165 Å². The van der Waals surface area contributed by atoms with Gasteiger partial charge in [0, 0.05) is 5.56 Å². The number of aryl methyl sites for hydroxylation is 1. The maximum Gasteiger partial charge on any atom is 0.365 e. The highest BCUT2D eigenvalue weighted by Crippen LogP contribution is 2.22. The van der Waals surface area contributed by atoms with E-state index >= 15 is 0 Å². The van der Waals surface area contributed by atoms with Crippen LogP contribution in [-0.4, -0.2) is 12.2 Å². The van der Waals surface area contributed by atoms with Crippen LogP contribution in [0, 0.1) is 0 Å². The van der Waals surface area contributed by atoms with Crippen molar-refractivity contribution in [3.8, 4) is 0 Å². The highest BCUT2D eigenvalue weighted by molar-refractivity contribution is 6.38. The number of oxime groups is 1. The van der Waals surface area contributed by atoms with Gasteiger partial charge in [-0.3, -0.25) is 0 Å². The van der Waals surface area contributed by atoms with Gasteiger partial charge in [-0.1, -0.05) is 79.2 Å². The summed E-state index contributed by atoms with van der Waals surface area (Å²) in [6, 6.07) is 12.6. The molecule has 0 aromatic heterocycles. The number of carbonyl (C=O) groups is 1. The lowest BCUT2D eigenvalue weighted by molar-refractivity contribution is 0.0519. The lowest BCUT2D eigenvalue weighted by Gasteiger charge is -2.03. The third-order valence-electron chi connectivity index (χ3n) is 4.08. The fourth-order valence-corrected chi connectivity index (χ4v) is 3.05. The first-order valence-corrected chi connectivity index (χ1v) is 9.65. The average molecular weight is 392 g/mol. The SMILES string of the molecule is CCCCCCCc1ccc(C(=O)O/N=C/c2c(Cl)cccc2Cl)cc1. The topological polar surface area (TPSA) is 38.7 Å². The van der Waals surface area contributed by atoms with Crippen LogP contribution in [0.15, 0.2) is 47.6 Å². The van der Waals surface area contributed by atoms with Gasteiger partial charge in [-0.15, -0.1) is 0 Å². The molecule has 0 aliphatic carbocycles. The Balaban J connectivity index is 1.85. The summed E-state index contributed by atoms with van der Waals surface area (Å²) in [5.74, 6) is -0.515. The molecule has 0 fully saturated rings. The van der Waals surface area contributed by atoms with Crippen molar-refractivity contribution >= 4 is 35.4 Å². The molecule has 0 aliphatic rings. The van der Waals surface area contributed by atoms with Gasteiger partial charge < -0.3 is 4.84 Å². The number of nitrogens with zero attached hydrogens (tertiary/aromatic N) is 1. The predicted molar refractivity (Wildman–Crippen MR) is 108 cm³/mol. The standard InChI is InChI=1S/C21H23Cl2NO2/c1-2-3-4-5-6-8-16-11-13-17(14-12-16)21(25)26-24-15-18-19(22)9-7-10-20(18)23/h7,9-15H,2-6,8H2,1H3/b24-15+. The Morgan fingerprint density at radius 1 is 1.00 bits per heavy atom. The summed E-state index contributed by atoms with van der Waals surface area (Å²) in [5.41, 5.74) is 2.20. The molecule has 0 radical (unpaired) electrons. The number of carbonyl (C=O) groups excluding carboxylic acids is 1. The molecule has 0 N–H and O–H groups in total. The van der Waals surface area contributed by atoms with E-state index in [1.165, 1.54) is 43.9 Å². The maximum absolute atomic E-state index is 12.0. The molecule has 0 atom stereocenters. The van der Waals surface area contributed by atoms with Crippen LogP contribution in [0.2, 0.25) is 10.0 Å². The second-order valence-electron chi connectivity index (χ2n) is 6.11. The van der Waals surface area contributed by atoms with Crippen molar-refractivity contribution in [1.29, 1.82) is 0 Å². The van der Waals surface area contributed by atoms with E-state index in [0.29, 0.717) is 21.2 Å². The van der Waals surface area contributed by atoms with E-state index in [1.807, 2.05) is 12.1 Å². The van der Waals surface area contributed by atoms with E-state index in [4.69, 9.17) is 28.0 Å². The summed E-state index contributed by atoms with van der Waals surface area (Å²) in [7, 11) is 0. The summed E-state index contributed by atoms with van der Waals surface area (Å²) < 4.78 is 0. The number of hydrogen-bond donors (Lipinski definition) is 0. The fourth-order valence-electron chi connectivity index (χ4n) is 2.55. The van der Waals surface area contributed by atoms with E-state index in [0.717, 1.165) is 6.42 Å². The average Bonchev–Trinajstić information content (AvgIpc) is 2.64. The van der Waals surface area contributed by atoms with Crippen molar-refractivity contribution in [2.75, 3.05) is 0 Å². The van der Waals surface area contributed by atoms with E-state index in [-0.39, 0.29) is 0 Å². The van der Waals surface area contributed by atoms with Gasteiger partial charge in [-0.2, -0.15) is 0 Å². The molecule has 0 heterocycles. The Bertz CT molecular complexity index is 722. The molecule has 0 spiro atoms. The van der Waals surface area contributed by atoms with Crippen molar-refractivity contribution in [2.24, 2.45) is 5.16 Å². The van der Waals surface area contributed by atoms with Crippen LogP contribution in [-0.2, 0) is 11.3 Å². The van der Waals surface area contributed by atoms with Crippen molar-refractivity contribution in [3.05, 3.63) is 69.2 Å². The van der Waals surface area contributed by atoms with Gasteiger partial charge >= 0.3 is 5.97 Å². The summed E-state index contributed by atoms with van der Waals surface area (Å²) in [5, 5.41) is 4.59. The lowest BCUT2D eigenvalue weighted by Crippen LogP contribution is -2.01. The molecule has 0 bridgehead atoms. The Morgan fingerprint density at radius 3 is 2.31 bits per heavy atom. The van der Waals surface area contributed by atoms with Gasteiger partial charge in [0.1, 0.15) is 0 Å². The van der Waals surface area contributed by atoms with Crippen LogP contribution in [0.4, 0.5) is 0 Å². The monoisotopic (exact) mass is 391 g/mol. The second kappa shape index (κ2) is 11.0. The van der Waals surface area contributed by atoms with Gasteiger partial charge in [-0.05, 0) is 42.7 Å². The molecule has 26 heavy (non-hydrogen) atoms. The van der Waals surface area contributed by atoms with Crippen LogP contribution in [0.3, 0.4) is 0 Å². The number of halogens is 2. The zero-order chi connectivity index (χ0) is 18.8. The summed E-state index contributed by atoms with van der Waals surface area (Å²) in [6.07, 6.45) is 8.63. The minimum atomic E-state index is -0.515. The van der Waals surface area contributed by atoms with Gasteiger partial charge in [0.05, 0.1) is 21.8 Å². The van der Waals surface area contributed by atoms with Crippen molar-refractivity contribution in [3.63, 3.8) is 0 Å². The minimum absolute atomic E-state index is 0.445. The molecule has 3 nitrogen and oxygen atoms in total. The van der Waals surface area contributed by atoms with Crippen molar-refractivity contribution in [1.82, 2.24) is 0 Å². The largest absolute Gasteiger partial charge is 0.365 e. The molecule has 2 aromatic carbocycles. The van der Waals surface area contributed by atoms with Crippen molar-refractivity contribution < 1.29 is 9.63 Å². The molecular weight excluding hydrogens is 369 g/mol. The smallest absolute Gasteiger partial charge is 0.313 e. The van der Waals surface area contributed by atoms with E-state index in [2.05, 4.69) is 12.1 Å². The second-order valence-corrected chi connectivity index (χ2v) is 6.92. The van der Waals surface area contributed by atoms with Gasteiger partial charge in [-0.25, -0.2) is 4.79 Å². The van der Waals surface area contributed by atoms with Crippen molar-refractivity contribution in [2.45, 2.75) is 45.4 Å². The van der Waals surface area contributed by atoms with Crippen LogP contribution in [0.25, 0.3) is 0 Å². The van der Waals surface area contributed by atoms with Gasteiger partial charge in [0.2, 0.25) is 0 Å². The Kier molecular flexibility index (Phi) is 8.66. The number of unbranched alkanes of at least 4 members (excludes halogenated alkanes) is 4. The first-order chi connectivity index (χ1) is 12.6. The molecular formula is C21H23Cl2NO2. The summed E-state index contributed by atoms with van der Waals surface area (Å²) in [4.78, 5) is 17.0. The highest BCUT2D eigenvalue weighted by atomic mass is 35.5. The van der Waals surface area contributed by atoms with Crippen LogP contribution >= 0.6 is 23.2 Å². The first kappa shape index (κ1) is 20.5. The van der Waals surface area contributed by atoms with Crippen LogP contribution < -0.4 is 0 Å². The number of benzene rings is 2. The normalized spacial score (nSPS) is 11.0. The Morgan fingerprint density at radius 2 is 1.65 bits per heavy atom. The first-order valence-electron chi connectivity index (χ1n) is 8.89. The summed E-state index contributed by atoms with van der Waals surface area (Å²) >= 11 is 12.1. The third-order valence-corrected chi connectivity index (χ3v) is 4.73. The zero-order valence-electron chi connectivity index (χ0n) is 14.9.